The minimum absolute atomic E-state index is 0.283. The summed E-state index contributed by atoms with van der Waals surface area (Å²) in [6, 6.07) is 17.0. The Labute approximate surface area is 164 Å². The molecule has 1 amide bonds. The van der Waals surface area contributed by atoms with E-state index in [1.165, 1.54) is 11.3 Å². The van der Waals surface area contributed by atoms with Gasteiger partial charge in [0, 0.05) is 16.3 Å². The van der Waals surface area contributed by atoms with Crippen LogP contribution in [0, 0.1) is 0 Å². The number of carbonyl (C=O) groups is 1. The summed E-state index contributed by atoms with van der Waals surface area (Å²) in [5.41, 5.74) is 2.81. The van der Waals surface area contributed by atoms with Crippen LogP contribution in [0.5, 0.6) is 11.5 Å². The van der Waals surface area contributed by atoms with Gasteiger partial charge in [-0.05, 0) is 30.3 Å². The highest BCUT2D eigenvalue weighted by Crippen LogP contribution is 2.35. The third-order valence-corrected chi connectivity index (χ3v) is 5.15. The van der Waals surface area contributed by atoms with Crippen molar-refractivity contribution in [2.75, 3.05) is 18.5 Å². The van der Waals surface area contributed by atoms with E-state index in [4.69, 9.17) is 9.47 Å². The molecule has 0 saturated heterocycles. The fourth-order valence-corrected chi connectivity index (χ4v) is 3.73. The molecule has 1 aliphatic heterocycles. The Kier molecular flexibility index (Phi) is 4.14. The zero-order valence-electron chi connectivity index (χ0n) is 14.7. The molecule has 0 bridgehead atoms. The van der Waals surface area contributed by atoms with Gasteiger partial charge in [0.25, 0.3) is 5.91 Å². The fourth-order valence-electron chi connectivity index (χ4n) is 3.02. The summed E-state index contributed by atoms with van der Waals surface area (Å²) >= 11 is 1.37. The van der Waals surface area contributed by atoms with Gasteiger partial charge >= 0.3 is 0 Å². The monoisotopic (exact) mass is 389 g/mol. The SMILES string of the molecule is O=C(Nc1nc(-c2ccc3c(c2)OCCO3)cs1)c1ccc2ccccc2n1. The van der Waals surface area contributed by atoms with Crippen LogP contribution in [0.25, 0.3) is 22.2 Å². The third kappa shape index (κ3) is 3.16. The van der Waals surface area contributed by atoms with Crippen LogP contribution in [0.15, 0.2) is 60.0 Å². The van der Waals surface area contributed by atoms with Gasteiger partial charge in [-0.2, -0.15) is 0 Å². The maximum absolute atomic E-state index is 12.6. The Morgan fingerprint density at radius 1 is 0.964 bits per heavy atom. The highest BCUT2D eigenvalue weighted by molar-refractivity contribution is 7.14. The molecule has 0 atom stereocenters. The van der Waals surface area contributed by atoms with E-state index in [9.17, 15) is 4.79 Å². The topological polar surface area (TPSA) is 73.3 Å². The molecule has 7 heteroatoms. The minimum Gasteiger partial charge on any atom is -0.486 e. The molecular weight excluding hydrogens is 374 g/mol. The molecule has 6 nitrogen and oxygen atoms in total. The van der Waals surface area contributed by atoms with Crippen LogP contribution in [-0.2, 0) is 0 Å². The zero-order chi connectivity index (χ0) is 18.9. The lowest BCUT2D eigenvalue weighted by Crippen LogP contribution is -2.15. The first-order valence-electron chi connectivity index (χ1n) is 8.79. The Hall–Kier alpha value is -3.45. The van der Waals surface area contributed by atoms with Crippen molar-refractivity contribution in [2.45, 2.75) is 0 Å². The molecule has 2 aromatic carbocycles. The predicted octanol–water partition coefficient (Wildman–Crippen LogP) is 4.38. The van der Waals surface area contributed by atoms with Crippen molar-refractivity contribution in [3.8, 4) is 22.8 Å². The van der Waals surface area contributed by atoms with Crippen LogP contribution in [0.2, 0.25) is 0 Å². The number of amides is 1. The van der Waals surface area contributed by atoms with Crippen molar-refractivity contribution in [1.29, 1.82) is 0 Å². The van der Waals surface area contributed by atoms with Gasteiger partial charge in [-0.3, -0.25) is 10.1 Å². The number of hydrogen-bond acceptors (Lipinski definition) is 6. The van der Waals surface area contributed by atoms with Gasteiger partial charge < -0.3 is 9.47 Å². The molecule has 5 rings (SSSR count). The van der Waals surface area contributed by atoms with Crippen molar-refractivity contribution in [1.82, 2.24) is 9.97 Å². The molecule has 0 saturated carbocycles. The molecule has 2 aromatic heterocycles. The van der Waals surface area contributed by atoms with Gasteiger partial charge in [0.15, 0.2) is 16.6 Å². The average Bonchev–Trinajstić information content (AvgIpc) is 3.21. The number of aromatic nitrogens is 2. The van der Waals surface area contributed by atoms with Crippen LogP contribution in [-0.4, -0.2) is 29.1 Å². The molecule has 0 fully saturated rings. The zero-order valence-corrected chi connectivity index (χ0v) is 15.5. The van der Waals surface area contributed by atoms with Gasteiger partial charge in [-0.1, -0.05) is 24.3 Å². The summed E-state index contributed by atoms with van der Waals surface area (Å²) < 4.78 is 11.2. The van der Waals surface area contributed by atoms with E-state index in [1.807, 2.05) is 53.9 Å². The lowest BCUT2D eigenvalue weighted by molar-refractivity contribution is 0.102. The number of benzene rings is 2. The van der Waals surface area contributed by atoms with E-state index >= 15 is 0 Å². The van der Waals surface area contributed by atoms with Gasteiger partial charge in [0.2, 0.25) is 0 Å². The van der Waals surface area contributed by atoms with Crippen LogP contribution in [0.1, 0.15) is 10.5 Å². The molecule has 1 aliphatic rings. The van der Waals surface area contributed by atoms with E-state index in [1.54, 1.807) is 6.07 Å². The first kappa shape index (κ1) is 16.7. The first-order valence-corrected chi connectivity index (χ1v) is 9.67. The summed E-state index contributed by atoms with van der Waals surface area (Å²) in [4.78, 5) is 21.5. The highest BCUT2D eigenvalue weighted by atomic mass is 32.1. The van der Waals surface area contributed by atoms with E-state index < -0.39 is 0 Å². The summed E-state index contributed by atoms with van der Waals surface area (Å²) in [6.45, 7) is 1.09. The summed E-state index contributed by atoms with van der Waals surface area (Å²) in [7, 11) is 0. The molecule has 3 heterocycles. The Bertz CT molecular complexity index is 1190. The van der Waals surface area contributed by atoms with Gasteiger partial charge in [0.1, 0.15) is 18.9 Å². The molecule has 138 valence electrons. The van der Waals surface area contributed by atoms with Crippen LogP contribution < -0.4 is 14.8 Å². The predicted molar refractivity (Wildman–Crippen MR) is 108 cm³/mol. The van der Waals surface area contributed by atoms with Gasteiger partial charge in [-0.15, -0.1) is 11.3 Å². The van der Waals surface area contributed by atoms with Crippen molar-refractivity contribution in [3.05, 3.63) is 65.7 Å². The highest BCUT2D eigenvalue weighted by Gasteiger charge is 2.15. The molecule has 0 unspecified atom stereocenters. The number of carbonyl (C=O) groups excluding carboxylic acids is 1. The van der Waals surface area contributed by atoms with Crippen LogP contribution >= 0.6 is 11.3 Å². The average molecular weight is 389 g/mol. The maximum atomic E-state index is 12.6. The smallest absolute Gasteiger partial charge is 0.276 e. The molecule has 4 aromatic rings. The largest absolute Gasteiger partial charge is 0.486 e. The number of fused-ring (bicyclic) bond motifs is 2. The van der Waals surface area contributed by atoms with Crippen molar-refractivity contribution in [3.63, 3.8) is 0 Å². The number of pyridine rings is 1. The Balaban J connectivity index is 1.36. The molecule has 0 aliphatic carbocycles. The standard InChI is InChI=1S/C21H15N3O3S/c25-20(16-7-5-13-3-1-2-4-15(13)22-16)24-21-23-17(12-28-21)14-6-8-18-19(11-14)27-10-9-26-18/h1-8,11-12H,9-10H2,(H,23,24,25). The van der Waals surface area contributed by atoms with Crippen molar-refractivity contribution in [2.24, 2.45) is 0 Å². The van der Waals surface area contributed by atoms with Crippen LogP contribution in [0.4, 0.5) is 5.13 Å². The quantitative estimate of drug-likeness (QED) is 0.563. The summed E-state index contributed by atoms with van der Waals surface area (Å²) in [6.07, 6.45) is 0. The number of nitrogens with one attached hydrogen (secondary N) is 1. The number of thiazole rings is 1. The summed E-state index contributed by atoms with van der Waals surface area (Å²) in [5.74, 6) is 1.16. The molecule has 28 heavy (non-hydrogen) atoms. The van der Waals surface area contributed by atoms with Crippen molar-refractivity contribution < 1.29 is 14.3 Å². The Morgan fingerprint density at radius 3 is 2.75 bits per heavy atom. The summed E-state index contributed by atoms with van der Waals surface area (Å²) in [5, 5.41) is 6.24. The fraction of sp³-hybridized carbons (Fsp3) is 0.0952. The van der Waals surface area contributed by atoms with E-state index in [2.05, 4.69) is 15.3 Å². The lowest BCUT2D eigenvalue weighted by Gasteiger charge is -2.18. The van der Waals surface area contributed by atoms with E-state index in [0.29, 0.717) is 29.8 Å². The minimum atomic E-state index is -0.283. The first-order chi connectivity index (χ1) is 13.8. The second-order valence-corrected chi connectivity index (χ2v) is 7.10. The molecular formula is C21H15N3O3S. The number of rotatable bonds is 3. The number of ether oxygens (including phenoxy) is 2. The second kappa shape index (κ2) is 6.94. The maximum Gasteiger partial charge on any atom is 0.276 e. The molecule has 0 spiro atoms. The number of hydrogen-bond donors (Lipinski definition) is 1. The molecule has 1 N–H and O–H groups in total. The Morgan fingerprint density at radius 2 is 1.82 bits per heavy atom. The number of nitrogens with zero attached hydrogens (tertiary/aromatic N) is 2. The third-order valence-electron chi connectivity index (χ3n) is 4.39. The second-order valence-electron chi connectivity index (χ2n) is 6.24. The molecule has 0 radical (unpaired) electrons. The lowest BCUT2D eigenvalue weighted by atomic mass is 10.1. The van der Waals surface area contributed by atoms with Gasteiger partial charge in [-0.25, -0.2) is 9.97 Å². The van der Waals surface area contributed by atoms with E-state index in [-0.39, 0.29) is 5.91 Å². The normalized spacial score (nSPS) is 12.7. The van der Waals surface area contributed by atoms with E-state index in [0.717, 1.165) is 27.9 Å². The number of para-hydroxylation sites is 1. The number of anilines is 1. The van der Waals surface area contributed by atoms with Crippen molar-refractivity contribution >= 4 is 33.3 Å². The van der Waals surface area contributed by atoms with Gasteiger partial charge in [0.05, 0.1) is 11.2 Å². The van der Waals surface area contributed by atoms with Crippen LogP contribution in [0.3, 0.4) is 0 Å².